The van der Waals surface area contributed by atoms with E-state index in [2.05, 4.69) is 15.3 Å². The fourth-order valence-corrected chi connectivity index (χ4v) is 7.77. The Balaban J connectivity index is 1.37. The zero-order chi connectivity index (χ0) is 40.4. The van der Waals surface area contributed by atoms with E-state index in [-0.39, 0.29) is 54.2 Å². The van der Waals surface area contributed by atoms with Crippen LogP contribution in [0.2, 0.25) is 0 Å². The molecule has 56 heavy (non-hydrogen) atoms. The Morgan fingerprint density at radius 1 is 0.893 bits per heavy atom. The van der Waals surface area contributed by atoms with Gasteiger partial charge in [0.15, 0.2) is 10.8 Å². The molecule has 0 saturated carbocycles. The fraction of sp³-hybridized carbons (Fsp3) is 0.308. The largest absolute Gasteiger partial charge is 0.497 e. The van der Waals surface area contributed by atoms with Crippen molar-refractivity contribution < 1.29 is 49.7 Å². The van der Waals surface area contributed by atoms with Gasteiger partial charge in [0, 0.05) is 91.2 Å². The van der Waals surface area contributed by atoms with E-state index in [0.717, 1.165) is 16.4 Å². The van der Waals surface area contributed by atoms with Crippen LogP contribution in [0.4, 0.5) is 29.1 Å². The standard InChI is InChI=1S/C39H39F4N5O7S/c1-23-20-47(13-11-39(23,42)43)37-31(15-26-14-27(40)16-32(41)36(26)46-37)38(49)45-28-10-12-44-35(17-28)56(50,51)48(21-24-6-8-29(52-2)18-33(24)54-4)22-25-7-9-30(53-3)19-34(25)55-5/h6-10,12,14-19,23H,11,13,20-22H2,1-5H3,(H,44,45,49). The predicted molar refractivity (Wildman–Crippen MR) is 200 cm³/mol. The molecule has 0 aliphatic carbocycles. The van der Waals surface area contributed by atoms with Crippen molar-refractivity contribution in [2.75, 3.05) is 51.7 Å². The van der Waals surface area contributed by atoms with E-state index >= 15 is 0 Å². The third kappa shape index (κ3) is 8.28. The van der Waals surface area contributed by atoms with Crippen LogP contribution in [0.3, 0.4) is 0 Å². The molecule has 296 valence electrons. The second-order valence-electron chi connectivity index (χ2n) is 13.1. The first-order valence-corrected chi connectivity index (χ1v) is 18.7. The predicted octanol–water partition coefficient (Wildman–Crippen LogP) is 7.07. The number of benzene rings is 3. The lowest BCUT2D eigenvalue weighted by Crippen LogP contribution is -2.46. The van der Waals surface area contributed by atoms with E-state index in [1.54, 1.807) is 36.4 Å². The summed E-state index contributed by atoms with van der Waals surface area (Å²) in [5, 5.41) is 2.17. The van der Waals surface area contributed by atoms with Gasteiger partial charge in [-0.25, -0.2) is 35.9 Å². The monoisotopic (exact) mass is 797 g/mol. The molecule has 1 fully saturated rings. The number of nitrogens with zero attached hydrogens (tertiary/aromatic N) is 4. The Morgan fingerprint density at radius 2 is 1.52 bits per heavy atom. The highest BCUT2D eigenvalue weighted by molar-refractivity contribution is 7.89. The van der Waals surface area contributed by atoms with E-state index in [1.165, 1.54) is 58.6 Å². The highest BCUT2D eigenvalue weighted by Gasteiger charge is 2.42. The molecule has 1 aliphatic heterocycles. The molecule has 1 unspecified atom stereocenters. The number of amides is 1. The number of rotatable bonds is 13. The van der Waals surface area contributed by atoms with Crippen LogP contribution in [-0.2, 0) is 23.1 Å². The number of alkyl halides is 2. The molecule has 1 atom stereocenters. The highest BCUT2D eigenvalue weighted by Crippen LogP contribution is 2.37. The summed E-state index contributed by atoms with van der Waals surface area (Å²) in [6.07, 6.45) is 0.662. The van der Waals surface area contributed by atoms with Crippen molar-refractivity contribution in [2.24, 2.45) is 5.92 Å². The van der Waals surface area contributed by atoms with E-state index in [0.29, 0.717) is 40.2 Å². The van der Waals surface area contributed by atoms with Crippen LogP contribution < -0.4 is 29.2 Å². The van der Waals surface area contributed by atoms with Crippen LogP contribution in [0.5, 0.6) is 23.0 Å². The van der Waals surface area contributed by atoms with Gasteiger partial charge in [0.05, 0.1) is 34.0 Å². The fourth-order valence-electron chi connectivity index (χ4n) is 6.42. The number of fused-ring (bicyclic) bond motifs is 1. The van der Waals surface area contributed by atoms with Gasteiger partial charge in [-0.05, 0) is 30.3 Å². The topological polar surface area (TPSA) is 132 Å². The summed E-state index contributed by atoms with van der Waals surface area (Å²) in [6.45, 7) is 0.607. The van der Waals surface area contributed by atoms with Crippen LogP contribution in [-0.4, -0.2) is 76.0 Å². The number of pyridine rings is 2. The second kappa shape index (κ2) is 16.2. The quantitative estimate of drug-likeness (QED) is 0.124. The van der Waals surface area contributed by atoms with Crippen LogP contribution >= 0.6 is 0 Å². The van der Waals surface area contributed by atoms with Gasteiger partial charge in [0.2, 0.25) is 0 Å². The molecule has 0 spiro atoms. The molecular weight excluding hydrogens is 759 g/mol. The lowest BCUT2D eigenvalue weighted by molar-refractivity contribution is -0.0652. The molecule has 17 heteroatoms. The highest BCUT2D eigenvalue weighted by atomic mass is 32.2. The van der Waals surface area contributed by atoms with Crippen LogP contribution in [0.15, 0.2) is 78.0 Å². The number of halogens is 4. The first-order chi connectivity index (χ1) is 26.7. The van der Waals surface area contributed by atoms with Crippen molar-refractivity contribution in [3.05, 3.63) is 101 Å². The number of anilines is 2. The SMILES string of the molecule is COc1ccc(CN(Cc2ccc(OC)cc2OC)S(=O)(=O)c2cc(NC(=O)c3cc4cc(F)cc(F)c4nc3N3CCC(F)(F)C(C)C3)ccn2)c(OC)c1. The smallest absolute Gasteiger partial charge is 0.261 e. The number of carbonyl (C=O) groups is 1. The van der Waals surface area contributed by atoms with Crippen molar-refractivity contribution in [1.82, 2.24) is 14.3 Å². The molecule has 5 aromatic rings. The number of hydrogen-bond donors (Lipinski definition) is 1. The van der Waals surface area contributed by atoms with Gasteiger partial charge >= 0.3 is 0 Å². The number of hydrogen-bond acceptors (Lipinski definition) is 10. The molecule has 3 aromatic carbocycles. The number of sulfonamides is 1. The van der Waals surface area contributed by atoms with Crippen molar-refractivity contribution in [2.45, 2.75) is 37.4 Å². The number of piperidine rings is 1. The van der Waals surface area contributed by atoms with Gasteiger partial charge in [0.1, 0.15) is 40.1 Å². The minimum absolute atomic E-state index is 0.00240. The maximum atomic E-state index is 14.9. The van der Waals surface area contributed by atoms with E-state index in [9.17, 15) is 30.8 Å². The summed E-state index contributed by atoms with van der Waals surface area (Å²) in [7, 11) is 1.41. The van der Waals surface area contributed by atoms with E-state index in [1.807, 2.05) is 0 Å². The Bertz CT molecular complexity index is 2330. The number of methoxy groups -OCH3 is 4. The van der Waals surface area contributed by atoms with Gasteiger partial charge in [-0.1, -0.05) is 19.1 Å². The Kier molecular flexibility index (Phi) is 11.6. The second-order valence-corrected chi connectivity index (χ2v) is 15.0. The molecule has 3 heterocycles. The van der Waals surface area contributed by atoms with Gasteiger partial charge < -0.3 is 29.2 Å². The number of ether oxygens (including phenoxy) is 4. The number of aromatic nitrogens is 2. The summed E-state index contributed by atoms with van der Waals surface area (Å²) in [6, 6.07) is 15.3. The molecule has 1 amide bonds. The molecule has 6 rings (SSSR count). The average molecular weight is 798 g/mol. The molecule has 1 saturated heterocycles. The van der Waals surface area contributed by atoms with Gasteiger partial charge in [0.25, 0.3) is 21.9 Å². The zero-order valence-electron chi connectivity index (χ0n) is 31.1. The van der Waals surface area contributed by atoms with Crippen molar-refractivity contribution in [3.63, 3.8) is 0 Å². The van der Waals surface area contributed by atoms with Crippen molar-refractivity contribution >= 4 is 38.3 Å². The van der Waals surface area contributed by atoms with E-state index < -0.39 is 50.9 Å². The lowest BCUT2D eigenvalue weighted by Gasteiger charge is -2.38. The molecule has 1 N–H and O–H groups in total. The number of carbonyl (C=O) groups excluding carboxylic acids is 1. The first kappa shape index (κ1) is 40.0. The lowest BCUT2D eigenvalue weighted by atomic mass is 9.95. The van der Waals surface area contributed by atoms with Crippen molar-refractivity contribution in [1.29, 1.82) is 0 Å². The first-order valence-electron chi connectivity index (χ1n) is 17.3. The normalized spacial score (nSPS) is 15.5. The molecule has 12 nitrogen and oxygen atoms in total. The van der Waals surface area contributed by atoms with Gasteiger partial charge in [-0.2, -0.15) is 4.31 Å². The zero-order valence-corrected chi connectivity index (χ0v) is 31.9. The summed E-state index contributed by atoms with van der Waals surface area (Å²) in [5.41, 5.74) is 0.594. The third-order valence-electron chi connectivity index (χ3n) is 9.57. The minimum atomic E-state index is -4.46. The van der Waals surface area contributed by atoms with E-state index in [4.69, 9.17) is 18.9 Å². The summed E-state index contributed by atoms with van der Waals surface area (Å²) >= 11 is 0. The van der Waals surface area contributed by atoms with Crippen LogP contribution in [0.1, 0.15) is 34.8 Å². The maximum absolute atomic E-state index is 14.9. The Hall–Kier alpha value is -5.68. The summed E-state index contributed by atoms with van der Waals surface area (Å²) in [4.78, 5) is 23.9. The molecule has 2 aromatic heterocycles. The Morgan fingerprint density at radius 3 is 2.09 bits per heavy atom. The number of nitrogens with one attached hydrogen (secondary N) is 1. The maximum Gasteiger partial charge on any atom is 0.261 e. The average Bonchev–Trinajstić information content (AvgIpc) is 3.18. The van der Waals surface area contributed by atoms with Gasteiger partial charge in [-0.3, -0.25) is 4.79 Å². The summed E-state index contributed by atoms with van der Waals surface area (Å²) in [5.74, 6) is -5.17. The van der Waals surface area contributed by atoms with Crippen LogP contribution in [0.25, 0.3) is 10.9 Å². The third-order valence-corrected chi connectivity index (χ3v) is 11.3. The summed E-state index contributed by atoms with van der Waals surface area (Å²) < 4.78 is 110. The molecular formula is C39H39F4N5O7S. The minimum Gasteiger partial charge on any atom is -0.497 e. The Labute approximate surface area is 321 Å². The van der Waals surface area contributed by atoms with Gasteiger partial charge in [-0.15, -0.1) is 0 Å². The van der Waals surface area contributed by atoms with Crippen LogP contribution in [0, 0.1) is 17.6 Å². The van der Waals surface area contributed by atoms with Crippen molar-refractivity contribution in [3.8, 4) is 23.0 Å². The molecule has 1 aliphatic rings. The molecule has 0 radical (unpaired) electrons. The molecule has 0 bridgehead atoms.